The van der Waals surface area contributed by atoms with Crippen LogP contribution < -0.4 is 4.74 Å². The van der Waals surface area contributed by atoms with Crippen LogP contribution in [0.4, 0.5) is 0 Å². The molecule has 0 spiro atoms. The highest BCUT2D eigenvalue weighted by atomic mass is 16.5. The molecule has 0 bridgehead atoms. The Bertz CT molecular complexity index is 574. The van der Waals surface area contributed by atoms with Crippen LogP contribution >= 0.6 is 0 Å². The van der Waals surface area contributed by atoms with Crippen molar-refractivity contribution in [3.8, 4) is 17.2 Å². The summed E-state index contributed by atoms with van der Waals surface area (Å²) in [6, 6.07) is 12.0. The molecule has 2 rings (SSSR count). The van der Waals surface area contributed by atoms with E-state index in [-0.39, 0.29) is 11.5 Å². The summed E-state index contributed by atoms with van der Waals surface area (Å²) in [7, 11) is 1.55. The first-order chi connectivity index (χ1) is 8.69. The zero-order chi connectivity index (χ0) is 13.0. The van der Waals surface area contributed by atoms with Crippen LogP contribution in [0.15, 0.2) is 42.5 Å². The molecule has 0 aromatic heterocycles. The lowest BCUT2D eigenvalue weighted by molar-refractivity contribution is 0.407. The minimum Gasteiger partial charge on any atom is -0.508 e. The Morgan fingerprint density at radius 2 is 1.78 bits per heavy atom. The number of ether oxygens (including phenoxy) is 1. The third-order valence-electron chi connectivity index (χ3n) is 2.54. The Kier molecular flexibility index (Phi) is 3.53. The number of rotatable bonds is 3. The summed E-state index contributed by atoms with van der Waals surface area (Å²) in [4.78, 5) is 0. The minimum absolute atomic E-state index is 0.145. The van der Waals surface area contributed by atoms with Gasteiger partial charge in [-0.3, -0.25) is 0 Å². The van der Waals surface area contributed by atoms with Gasteiger partial charge in [0.05, 0.1) is 7.11 Å². The molecule has 92 valence electrons. The fourth-order valence-corrected chi connectivity index (χ4v) is 1.63. The Morgan fingerprint density at radius 3 is 2.50 bits per heavy atom. The predicted octanol–water partition coefficient (Wildman–Crippen LogP) is 3.28. The van der Waals surface area contributed by atoms with E-state index in [1.165, 1.54) is 6.07 Å². The van der Waals surface area contributed by atoms with Crippen molar-refractivity contribution in [1.29, 1.82) is 0 Å². The van der Waals surface area contributed by atoms with E-state index in [9.17, 15) is 10.2 Å². The van der Waals surface area contributed by atoms with Crippen molar-refractivity contribution in [3.63, 3.8) is 0 Å². The van der Waals surface area contributed by atoms with Crippen LogP contribution in [0.3, 0.4) is 0 Å². The van der Waals surface area contributed by atoms with E-state index in [4.69, 9.17) is 4.74 Å². The number of hydrogen-bond acceptors (Lipinski definition) is 3. The average molecular weight is 242 g/mol. The second-order valence-corrected chi connectivity index (χ2v) is 3.86. The summed E-state index contributed by atoms with van der Waals surface area (Å²) < 4.78 is 5.07. The molecule has 0 unspecified atom stereocenters. The third kappa shape index (κ3) is 2.83. The van der Waals surface area contributed by atoms with Crippen LogP contribution in [-0.4, -0.2) is 17.3 Å². The summed E-state index contributed by atoms with van der Waals surface area (Å²) in [5.74, 6) is 0.957. The van der Waals surface area contributed by atoms with Crippen LogP contribution in [0.5, 0.6) is 17.2 Å². The second kappa shape index (κ2) is 5.27. The molecule has 0 saturated carbocycles. The lowest BCUT2D eigenvalue weighted by Crippen LogP contribution is -1.83. The van der Waals surface area contributed by atoms with E-state index in [1.54, 1.807) is 43.5 Å². The molecule has 18 heavy (non-hydrogen) atoms. The monoisotopic (exact) mass is 242 g/mol. The van der Waals surface area contributed by atoms with Gasteiger partial charge >= 0.3 is 0 Å². The standard InChI is InChI=1S/C15H14O3/c1-18-14-9-11(8-13(16)10-14)6-7-12-4-2-3-5-15(12)17/h2-10,16-17H,1H3/b7-6+. The molecule has 0 fully saturated rings. The van der Waals surface area contributed by atoms with Crippen LogP contribution in [0.2, 0.25) is 0 Å². The molecule has 2 aromatic rings. The normalized spacial score (nSPS) is 10.7. The second-order valence-electron chi connectivity index (χ2n) is 3.86. The summed E-state index contributed by atoms with van der Waals surface area (Å²) >= 11 is 0. The zero-order valence-corrected chi connectivity index (χ0v) is 10.00. The van der Waals surface area contributed by atoms with Gasteiger partial charge in [0, 0.05) is 11.6 Å². The molecule has 0 heterocycles. The number of phenolic OH excluding ortho intramolecular Hbond substituents is 2. The summed E-state index contributed by atoms with van der Waals surface area (Å²) in [6.45, 7) is 0. The quantitative estimate of drug-likeness (QED) is 0.812. The maximum atomic E-state index is 9.62. The Labute approximate surface area is 106 Å². The Hall–Kier alpha value is -2.42. The van der Waals surface area contributed by atoms with Gasteiger partial charge in [0.15, 0.2) is 0 Å². The van der Waals surface area contributed by atoms with Gasteiger partial charge in [0.2, 0.25) is 0 Å². The van der Waals surface area contributed by atoms with Gasteiger partial charge < -0.3 is 14.9 Å². The summed E-state index contributed by atoms with van der Waals surface area (Å²) in [5.41, 5.74) is 1.52. The van der Waals surface area contributed by atoms with Crippen molar-refractivity contribution in [1.82, 2.24) is 0 Å². The molecule has 0 aliphatic rings. The lowest BCUT2D eigenvalue weighted by Gasteiger charge is -2.03. The molecule has 0 saturated heterocycles. The molecule has 0 radical (unpaired) electrons. The number of methoxy groups -OCH3 is 1. The molecular formula is C15H14O3. The molecule has 2 aromatic carbocycles. The van der Waals surface area contributed by atoms with E-state index >= 15 is 0 Å². The molecule has 0 atom stereocenters. The SMILES string of the molecule is COc1cc(O)cc(/C=C/c2ccccc2O)c1. The average Bonchev–Trinajstić information content (AvgIpc) is 2.37. The van der Waals surface area contributed by atoms with Gasteiger partial charge in [-0.25, -0.2) is 0 Å². The van der Waals surface area contributed by atoms with Gasteiger partial charge in [-0.05, 0) is 23.8 Å². The smallest absolute Gasteiger partial charge is 0.123 e. The summed E-state index contributed by atoms with van der Waals surface area (Å²) in [6.07, 6.45) is 3.58. The van der Waals surface area contributed by atoms with Gasteiger partial charge in [-0.15, -0.1) is 0 Å². The van der Waals surface area contributed by atoms with Crippen LogP contribution in [0.1, 0.15) is 11.1 Å². The van der Waals surface area contributed by atoms with E-state index in [2.05, 4.69) is 0 Å². The van der Waals surface area contributed by atoms with E-state index in [0.717, 1.165) is 11.1 Å². The van der Waals surface area contributed by atoms with Crippen molar-refractivity contribution in [2.75, 3.05) is 7.11 Å². The first-order valence-electron chi connectivity index (χ1n) is 5.53. The maximum absolute atomic E-state index is 9.62. The number of para-hydroxylation sites is 1. The Balaban J connectivity index is 2.29. The van der Waals surface area contributed by atoms with Crippen molar-refractivity contribution in [3.05, 3.63) is 53.6 Å². The molecule has 0 aliphatic heterocycles. The van der Waals surface area contributed by atoms with Gasteiger partial charge in [0.1, 0.15) is 17.2 Å². The molecule has 2 N–H and O–H groups in total. The van der Waals surface area contributed by atoms with E-state index < -0.39 is 0 Å². The summed E-state index contributed by atoms with van der Waals surface area (Å²) in [5, 5.41) is 19.1. The van der Waals surface area contributed by atoms with Crippen LogP contribution in [0.25, 0.3) is 12.2 Å². The number of hydrogen-bond donors (Lipinski definition) is 2. The van der Waals surface area contributed by atoms with E-state index in [0.29, 0.717) is 5.75 Å². The molecule has 0 amide bonds. The van der Waals surface area contributed by atoms with Crippen LogP contribution in [-0.2, 0) is 0 Å². The minimum atomic E-state index is 0.145. The highest BCUT2D eigenvalue weighted by Gasteiger charge is 1.98. The van der Waals surface area contributed by atoms with E-state index in [1.807, 2.05) is 12.1 Å². The molecular weight excluding hydrogens is 228 g/mol. The van der Waals surface area contributed by atoms with Crippen molar-refractivity contribution in [2.45, 2.75) is 0 Å². The number of benzene rings is 2. The fraction of sp³-hybridized carbons (Fsp3) is 0.0667. The van der Waals surface area contributed by atoms with Gasteiger partial charge in [-0.1, -0.05) is 30.4 Å². The molecule has 0 aliphatic carbocycles. The third-order valence-corrected chi connectivity index (χ3v) is 2.54. The van der Waals surface area contributed by atoms with Crippen molar-refractivity contribution in [2.24, 2.45) is 0 Å². The van der Waals surface area contributed by atoms with Gasteiger partial charge in [0.25, 0.3) is 0 Å². The lowest BCUT2D eigenvalue weighted by atomic mass is 10.1. The van der Waals surface area contributed by atoms with Crippen molar-refractivity contribution < 1.29 is 14.9 Å². The topological polar surface area (TPSA) is 49.7 Å². The number of aromatic hydroxyl groups is 2. The fourth-order valence-electron chi connectivity index (χ4n) is 1.63. The highest BCUT2D eigenvalue weighted by molar-refractivity contribution is 5.73. The highest BCUT2D eigenvalue weighted by Crippen LogP contribution is 2.24. The number of phenols is 2. The molecule has 3 heteroatoms. The Morgan fingerprint density at radius 1 is 1.00 bits per heavy atom. The first-order valence-corrected chi connectivity index (χ1v) is 5.53. The maximum Gasteiger partial charge on any atom is 0.123 e. The zero-order valence-electron chi connectivity index (χ0n) is 10.00. The first kappa shape index (κ1) is 12.0. The predicted molar refractivity (Wildman–Crippen MR) is 71.7 cm³/mol. The van der Waals surface area contributed by atoms with Crippen LogP contribution in [0, 0.1) is 0 Å². The van der Waals surface area contributed by atoms with Crippen molar-refractivity contribution >= 4 is 12.2 Å². The molecule has 3 nitrogen and oxygen atoms in total. The largest absolute Gasteiger partial charge is 0.508 e. The van der Waals surface area contributed by atoms with Gasteiger partial charge in [-0.2, -0.15) is 0 Å².